The molecule has 0 radical (unpaired) electrons. The Bertz CT molecular complexity index is 626. The Hall–Kier alpha value is -1.41. The van der Waals surface area contributed by atoms with Crippen molar-refractivity contribution in [2.45, 2.75) is 136 Å². The minimum absolute atomic E-state index is 0.170. The van der Waals surface area contributed by atoms with Crippen LogP contribution in [0, 0.1) is 17.8 Å². The van der Waals surface area contributed by atoms with E-state index in [1.54, 1.807) is 0 Å². The molecule has 7 nitrogen and oxygen atoms in total. The average molecular weight is 527 g/mol. The van der Waals surface area contributed by atoms with Gasteiger partial charge < -0.3 is 18.0 Å². The van der Waals surface area contributed by atoms with Crippen molar-refractivity contribution in [3.05, 3.63) is 0 Å². The van der Waals surface area contributed by atoms with Crippen molar-refractivity contribution in [2.75, 3.05) is 6.61 Å². The Balaban J connectivity index is 1.66. The smallest absolute Gasteiger partial charge is 0.455 e. The average Bonchev–Trinajstić information content (AvgIpc) is 2.81. The SMILES string of the molecule is CCCCCCCC1CCC(C2CCC(OCCC[Si](OC(C)=O)(OC(C)=O)OC(C)=O)CC2)CC1. The fourth-order valence-electron chi connectivity index (χ4n) is 6.12. The lowest BCUT2D eigenvalue weighted by molar-refractivity contribution is -0.147. The first-order valence-corrected chi connectivity index (χ1v) is 16.4. The van der Waals surface area contributed by atoms with Gasteiger partial charge in [-0.2, -0.15) is 0 Å². The summed E-state index contributed by atoms with van der Waals surface area (Å²) >= 11 is 0. The van der Waals surface area contributed by atoms with Crippen molar-refractivity contribution < 1.29 is 32.4 Å². The van der Waals surface area contributed by atoms with E-state index in [0.717, 1.165) is 30.6 Å². The standard InChI is InChI=1S/C28H50O7Si/c1-5-6-7-8-9-11-25-12-14-26(15-13-25)27-16-18-28(19-17-27)32-20-10-21-36(33-22(2)29,34-23(3)30)35-24(4)31/h25-28H,5-21H2,1-4H3. The van der Waals surface area contributed by atoms with Crippen LogP contribution in [-0.2, 0) is 32.4 Å². The predicted molar refractivity (Wildman–Crippen MR) is 141 cm³/mol. The zero-order chi connectivity index (χ0) is 26.4. The van der Waals surface area contributed by atoms with Crippen LogP contribution in [0.2, 0.25) is 6.04 Å². The molecule has 2 saturated carbocycles. The number of unbranched alkanes of at least 4 members (excludes halogenated alkanes) is 4. The van der Waals surface area contributed by atoms with Crippen LogP contribution in [0.4, 0.5) is 0 Å². The second kappa shape index (κ2) is 16.4. The maximum absolute atomic E-state index is 11.6. The normalized spacial score (nSPS) is 24.7. The summed E-state index contributed by atoms with van der Waals surface area (Å²) in [6.07, 6.45) is 19.4. The molecule has 2 aliphatic carbocycles. The summed E-state index contributed by atoms with van der Waals surface area (Å²) in [6, 6.07) is 0.170. The predicted octanol–water partition coefficient (Wildman–Crippen LogP) is 6.75. The third kappa shape index (κ3) is 11.8. The maximum Gasteiger partial charge on any atom is 0.705 e. The van der Waals surface area contributed by atoms with Crippen LogP contribution in [-0.4, -0.2) is 39.4 Å². The van der Waals surface area contributed by atoms with Gasteiger partial charge in [-0.05, 0) is 62.7 Å². The minimum Gasteiger partial charge on any atom is -0.455 e. The highest BCUT2D eigenvalue weighted by Crippen LogP contribution is 2.41. The van der Waals surface area contributed by atoms with Crippen LogP contribution >= 0.6 is 0 Å². The molecule has 2 fully saturated rings. The molecule has 0 aliphatic heterocycles. The number of ether oxygens (including phenoxy) is 1. The summed E-state index contributed by atoms with van der Waals surface area (Å²) in [5, 5.41) is 0. The number of hydrogen-bond donors (Lipinski definition) is 0. The lowest BCUT2D eigenvalue weighted by Gasteiger charge is -2.38. The second-order valence-corrected chi connectivity index (χ2v) is 13.4. The lowest BCUT2D eigenvalue weighted by Crippen LogP contribution is -2.49. The summed E-state index contributed by atoms with van der Waals surface area (Å²) < 4.78 is 21.8. The van der Waals surface area contributed by atoms with E-state index in [2.05, 4.69) is 6.92 Å². The van der Waals surface area contributed by atoms with E-state index in [0.29, 0.717) is 13.0 Å². The Morgan fingerprint density at radius 3 is 1.67 bits per heavy atom. The van der Waals surface area contributed by atoms with Gasteiger partial charge in [0.2, 0.25) is 0 Å². The minimum atomic E-state index is -3.75. The van der Waals surface area contributed by atoms with Crippen molar-refractivity contribution in [3.8, 4) is 0 Å². The van der Waals surface area contributed by atoms with E-state index in [-0.39, 0.29) is 12.1 Å². The first-order valence-electron chi connectivity index (χ1n) is 14.4. The monoisotopic (exact) mass is 526 g/mol. The topological polar surface area (TPSA) is 88.1 Å². The summed E-state index contributed by atoms with van der Waals surface area (Å²) in [5.41, 5.74) is 0. The fraction of sp³-hybridized carbons (Fsp3) is 0.893. The number of carbonyl (C=O) groups is 3. The number of rotatable bonds is 15. The molecule has 0 bridgehead atoms. The van der Waals surface area contributed by atoms with Gasteiger partial charge in [-0.3, -0.25) is 14.4 Å². The molecule has 0 amide bonds. The van der Waals surface area contributed by atoms with E-state index < -0.39 is 26.7 Å². The van der Waals surface area contributed by atoms with Crippen molar-refractivity contribution in [3.63, 3.8) is 0 Å². The van der Waals surface area contributed by atoms with E-state index in [9.17, 15) is 14.4 Å². The largest absolute Gasteiger partial charge is 0.705 e. The van der Waals surface area contributed by atoms with Gasteiger partial charge in [0.15, 0.2) is 0 Å². The van der Waals surface area contributed by atoms with Crippen molar-refractivity contribution in [1.29, 1.82) is 0 Å². The molecule has 2 rings (SSSR count). The van der Waals surface area contributed by atoms with E-state index in [1.807, 2.05) is 0 Å². The van der Waals surface area contributed by atoms with Gasteiger partial charge in [-0.25, -0.2) is 0 Å². The molecular formula is C28H50O7Si. The zero-order valence-corrected chi connectivity index (χ0v) is 24.2. The highest BCUT2D eigenvalue weighted by Gasteiger charge is 2.51. The molecule has 0 aromatic rings. The van der Waals surface area contributed by atoms with Crippen LogP contribution in [0.15, 0.2) is 0 Å². The van der Waals surface area contributed by atoms with Gasteiger partial charge in [-0.15, -0.1) is 0 Å². The molecule has 0 atom stereocenters. The molecule has 0 N–H and O–H groups in total. The van der Waals surface area contributed by atoms with Crippen LogP contribution < -0.4 is 0 Å². The molecule has 208 valence electrons. The number of carbonyl (C=O) groups excluding carboxylic acids is 3. The molecule has 0 aromatic heterocycles. The highest BCUT2D eigenvalue weighted by atomic mass is 28.4. The Morgan fingerprint density at radius 2 is 1.17 bits per heavy atom. The molecule has 0 heterocycles. The number of hydrogen-bond acceptors (Lipinski definition) is 7. The molecule has 2 aliphatic rings. The molecule has 0 aromatic carbocycles. The van der Waals surface area contributed by atoms with Crippen LogP contribution in [0.1, 0.15) is 124 Å². The zero-order valence-electron chi connectivity index (χ0n) is 23.2. The molecule has 0 spiro atoms. The summed E-state index contributed by atoms with van der Waals surface area (Å²) in [7, 11) is -3.75. The first kappa shape index (κ1) is 30.8. The molecule has 36 heavy (non-hydrogen) atoms. The lowest BCUT2D eigenvalue weighted by atomic mass is 9.70. The van der Waals surface area contributed by atoms with Gasteiger partial charge >= 0.3 is 8.80 Å². The molecule has 0 saturated heterocycles. The van der Waals surface area contributed by atoms with Gasteiger partial charge in [0.1, 0.15) is 0 Å². The molecular weight excluding hydrogens is 476 g/mol. The van der Waals surface area contributed by atoms with Crippen LogP contribution in [0.5, 0.6) is 0 Å². The quantitative estimate of drug-likeness (QED) is 0.172. The van der Waals surface area contributed by atoms with Gasteiger partial charge in [0.05, 0.1) is 12.1 Å². The Kier molecular flexibility index (Phi) is 14.1. The third-order valence-corrected chi connectivity index (χ3v) is 10.6. The van der Waals surface area contributed by atoms with E-state index in [1.165, 1.54) is 97.8 Å². The van der Waals surface area contributed by atoms with Crippen molar-refractivity contribution in [1.82, 2.24) is 0 Å². The highest BCUT2D eigenvalue weighted by molar-refractivity contribution is 6.65. The van der Waals surface area contributed by atoms with Crippen LogP contribution in [0.25, 0.3) is 0 Å². The van der Waals surface area contributed by atoms with Crippen molar-refractivity contribution >= 4 is 26.7 Å². The van der Waals surface area contributed by atoms with E-state index >= 15 is 0 Å². The van der Waals surface area contributed by atoms with Crippen molar-refractivity contribution in [2.24, 2.45) is 17.8 Å². The maximum atomic E-state index is 11.6. The first-order chi connectivity index (χ1) is 17.2. The van der Waals surface area contributed by atoms with E-state index in [4.69, 9.17) is 18.0 Å². The Labute approximate surface area is 219 Å². The summed E-state index contributed by atoms with van der Waals surface area (Å²) in [5.74, 6) is 0.791. The van der Waals surface area contributed by atoms with Gasteiger partial charge in [0, 0.05) is 27.4 Å². The molecule has 8 heteroatoms. The molecule has 0 unspecified atom stereocenters. The third-order valence-electron chi connectivity index (χ3n) is 7.87. The Morgan fingerprint density at radius 1 is 0.667 bits per heavy atom. The van der Waals surface area contributed by atoms with Gasteiger partial charge in [0.25, 0.3) is 17.9 Å². The fourth-order valence-corrected chi connectivity index (χ4v) is 8.45. The summed E-state index contributed by atoms with van der Waals surface area (Å²) in [4.78, 5) is 34.7. The van der Waals surface area contributed by atoms with Gasteiger partial charge in [-0.1, -0.05) is 58.3 Å². The van der Waals surface area contributed by atoms with Crippen LogP contribution in [0.3, 0.4) is 0 Å². The summed E-state index contributed by atoms with van der Waals surface area (Å²) in [6.45, 7) is 6.37. The second-order valence-electron chi connectivity index (χ2n) is 11.0.